The van der Waals surface area contributed by atoms with E-state index in [4.69, 9.17) is 0 Å². The zero-order chi connectivity index (χ0) is 7.11. The van der Waals surface area contributed by atoms with Gasteiger partial charge in [-0.1, -0.05) is 26.0 Å². The van der Waals surface area contributed by atoms with Crippen LogP contribution < -0.4 is 0 Å². The molecule has 0 nitrogen and oxygen atoms in total. The van der Waals surface area contributed by atoms with Crippen LogP contribution in [-0.2, 0) is 0 Å². The lowest BCUT2D eigenvalue weighted by Crippen LogP contribution is -1.64. The number of hydrogen-bond donors (Lipinski definition) is 0. The fraction of sp³-hybridized carbons (Fsp3) is 0.500. The van der Waals surface area contributed by atoms with Crippen molar-refractivity contribution in [3.63, 3.8) is 0 Å². The Balaban J connectivity index is 3.55. The molecular formula is C8H13F. The molecule has 0 fully saturated rings. The van der Waals surface area contributed by atoms with Crippen LogP contribution in [0, 0.1) is 0 Å². The summed E-state index contributed by atoms with van der Waals surface area (Å²) in [5, 5.41) is 0. The van der Waals surface area contributed by atoms with Crippen LogP contribution in [0.5, 0.6) is 0 Å². The molecule has 52 valence electrons. The maximum atomic E-state index is 12.3. The second-order valence-corrected chi connectivity index (χ2v) is 1.80. The van der Waals surface area contributed by atoms with E-state index in [0.717, 1.165) is 6.42 Å². The van der Waals surface area contributed by atoms with E-state index >= 15 is 0 Å². The first-order chi connectivity index (χ1) is 4.31. The second kappa shape index (κ2) is 5.54. The normalized spacial score (nSPS) is 13.0. The van der Waals surface area contributed by atoms with Gasteiger partial charge in [0.15, 0.2) is 0 Å². The first kappa shape index (κ1) is 8.41. The third-order valence-corrected chi connectivity index (χ3v) is 0.987. The molecule has 0 aliphatic carbocycles. The SMILES string of the molecule is CC/C=C\C=C(\F)CC. The third-order valence-electron chi connectivity index (χ3n) is 0.987. The second-order valence-electron chi connectivity index (χ2n) is 1.80. The summed E-state index contributed by atoms with van der Waals surface area (Å²) in [7, 11) is 0. The van der Waals surface area contributed by atoms with Crippen molar-refractivity contribution in [1.29, 1.82) is 0 Å². The molecule has 0 atom stereocenters. The van der Waals surface area contributed by atoms with Gasteiger partial charge in [-0.15, -0.1) is 0 Å². The van der Waals surface area contributed by atoms with Crippen molar-refractivity contribution in [2.24, 2.45) is 0 Å². The molecule has 0 aliphatic rings. The highest BCUT2D eigenvalue weighted by molar-refractivity contribution is 5.06. The molecule has 0 aromatic carbocycles. The van der Waals surface area contributed by atoms with E-state index in [0.29, 0.717) is 6.42 Å². The summed E-state index contributed by atoms with van der Waals surface area (Å²) in [4.78, 5) is 0. The molecule has 0 saturated carbocycles. The van der Waals surface area contributed by atoms with Gasteiger partial charge in [-0.05, 0) is 18.9 Å². The maximum Gasteiger partial charge on any atom is 0.0996 e. The average molecular weight is 128 g/mol. The van der Waals surface area contributed by atoms with E-state index in [1.807, 2.05) is 13.0 Å². The largest absolute Gasteiger partial charge is 0.212 e. The third kappa shape index (κ3) is 5.28. The summed E-state index contributed by atoms with van der Waals surface area (Å²) >= 11 is 0. The highest BCUT2D eigenvalue weighted by atomic mass is 19.1. The van der Waals surface area contributed by atoms with E-state index in [9.17, 15) is 4.39 Å². The summed E-state index contributed by atoms with van der Waals surface area (Å²) in [5.74, 6) is -0.0558. The van der Waals surface area contributed by atoms with Crippen LogP contribution in [0.2, 0.25) is 0 Å². The predicted octanol–water partition coefficient (Wildman–Crippen LogP) is 3.22. The van der Waals surface area contributed by atoms with Crippen LogP contribution in [0.1, 0.15) is 26.7 Å². The summed E-state index contributed by atoms with van der Waals surface area (Å²) in [6.07, 6.45) is 6.64. The molecule has 0 saturated heterocycles. The van der Waals surface area contributed by atoms with Crippen LogP contribution in [0.4, 0.5) is 4.39 Å². The van der Waals surface area contributed by atoms with Crippen molar-refractivity contribution in [2.75, 3.05) is 0 Å². The minimum atomic E-state index is -0.0558. The number of allylic oxidation sites excluding steroid dienone is 4. The van der Waals surface area contributed by atoms with E-state index < -0.39 is 0 Å². The van der Waals surface area contributed by atoms with Gasteiger partial charge >= 0.3 is 0 Å². The molecule has 0 aromatic heterocycles. The standard InChI is InChI=1S/C8H13F/c1-3-5-6-7-8(9)4-2/h5-7H,3-4H2,1-2H3/b6-5-,8-7+. The molecule has 0 spiro atoms. The Labute approximate surface area is 56.1 Å². The highest BCUT2D eigenvalue weighted by Gasteiger charge is 1.82. The van der Waals surface area contributed by atoms with Gasteiger partial charge in [-0.3, -0.25) is 0 Å². The topological polar surface area (TPSA) is 0 Å². The quantitative estimate of drug-likeness (QED) is 0.512. The Morgan fingerprint density at radius 1 is 1.44 bits per heavy atom. The van der Waals surface area contributed by atoms with E-state index in [1.165, 1.54) is 6.08 Å². The van der Waals surface area contributed by atoms with Crippen LogP contribution in [0.15, 0.2) is 24.1 Å². The molecule has 1 heteroatoms. The zero-order valence-electron chi connectivity index (χ0n) is 6.02. The molecule has 9 heavy (non-hydrogen) atoms. The summed E-state index contributed by atoms with van der Waals surface area (Å²) < 4.78 is 12.3. The van der Waals surface area contributed by atoms with E-state index in [1.54, 1.807) is 13.0 Å². The molecule has 0 bridgehead atoms. The molecule has 0 radical (unpaired) electrons. The average Bonchev–Trinajstić information content (AvgIpc) is 1.89. The first-order valence-corrected chi connectivity index (χ1v) is 3.32. The van der Waals surface area contributed by atoms with Gasteiger partial charge in [-0.2, -0.15) is 0 Å². The van der Waals surface area contributed by atoms with Gasteiger partial charge in [0.25, 0.3) is 0 Å². The molecule has 0 heterocycles. The van der Waals surface area contributed by atoms with Gasteiger partial charge in [0.1, 0.15) is 0 Å². The smallest absolute Gasteiger partial charge is 0.0996 e. The minimum absolute atomic E-state index is 0.0558. The van der Waals surface area contributed by atoms with E-state index in [-0.39, 0.29) is 5.83 Å². The van der Waals surface area contributed by atoms with Crippen molar-refractivity contribution in [2.45, 2.75) is 26.7 Å². The van der Waals surface area contributed by atoms with Crippen LogP contribution in [0.3, 0.4) is 0 Å². The monoisotopic (exact) mass is 128 g/mol. The predicted molar refractivity (Wildman–Crippen MR) is 38.9 cm³/mol. The van der Waals surface area contributed by atoms with Gasteiger partial charge < -0.3 is 0 Å². The summed E-state index contributed by atoms with van der Waals surface area (Å²) in [6.45, 7) is 3.82. The van der Waals surface area contributed by atoms with E-state index in [2.05, 4.69) is 0 Å². The van der Waals surface area contributed by atoms with Crippen molar-refractivity contribution >= 4 is 0 Å². The van der Waals surface area contributed by atoms with Gasteiger partial charge in [0.2, 0.25) is 0 Å². The van der Waals surface area contributed by atoms with Crippen LogP contribution in [-0.4, -0.2) is 0 Å². The van der Waals surface area contributed by atoms with Crippen molar-refractivity contribution < 1.29 is 4.39 Å². The van der Waals surface area contributed by atoms with Crippen molar-refractivity contribution in [3.8, 4) is 0 Å². The minimum Gasteiger partial charge on any atom is -0.212 e. The van der Waals surface area contributed by atoms with Crippen LogP contribution >= 0.6 is 0 Å². The molecule has 0 N–H and O–H groups in total. The summed E-state index contributed by atoms with van der Waals surface area (Å²) in [6, 6.07) is 0. The fourth-order valence-corrected chi connectivity index (χ4v) is 0.426. The van der Waals surface area contributed by atoms with Crippen molar-refractivity contribution in [3.05, 3.63) is 24.1 Å². The van der Waals surface area contributed by atoms with Gasteiger partial charge in [0, 0.05) is 0 Å². The Morgan fingerprint density at radius 2 is 2.11 bits per heavy atom. The molecule has 0 aliphatic heterocycles. The Morgan fingerprint density at radius 3 is 2.56 bits per heavy atom. The molecule has 0 rings (SSSR count). The Bertz CT molecular complexity index is 112. The molecule has 0 aromatic rings. The molecular weight excluding hydrogens is 115 g/mol. The maximum absolute atomic E-state index is 12.3. The number of halogens is 1. The fourth-order valence-electron chi connectivity index (χ4n) is 0.426. The summed E-state index contributed by atoms with van der Waals surface area (Å²) in [5.41, 5.74) is 0. The molecule has 0 unspecified atom stereocenters. The Kier molecular flexibility index (Phi) is 5.18. The van der Waals surface area contributed by atoms with Crippen molar-refractivity contribution in [1.82, 2.24) is 0 Å². The zero-order valence-corrected chi connectivity index (χ0v) is 6.02. The number of hydrogen-bond acceptors (Lipinski definition) is 0. The van der Waals surface area contributed by atoms with Gasteiger partial charge in [-0.25, -0.2) is 4.39 Å². The first-order valence-electron chi connectivity index (χ1n) is 3.32. The van der Waals surface area contributed by atoms with Gasteiger partial charge in [0.05, 0.1) is 5.83 Å². The molecule has 0 amide bonds. The van der Waals surface area contributed by atoms with Crippen LogP contribution in [0.25, 0.3) is 0 Å². The lowest BCUT2D eigenvalue weighted by atomic mass is 10.3. The Hall–Kier alpha value is -0.590. The highest BCUT2D eigenvalue weighted by Crippen LogP contribution is 2.00. The lowest BCUT2D eigenvalue weighted by molar-refractivity contribution is 0.604. The lowest BCUT2D eigenvalue weighted by Gasteiger charge is -1.83. The number of rotatable bonds is 3.